The normalized spacial score (nSPS) is 33.3. The molecular formula is C12H21N3O2. The summed E-state index contributed by atoms with van der Waals surface area (Å²) >= 11 is 0. The molecule has 0 unspecified atom stereocenters. The third kappa shape index (κ3) is 3.19. The molecule has 1 aliphatic heterocycles. The Morgan fingerprint density at radius 1 is 1.12 bits per heavy atom. The van der Waals surface area contributed by atoms with Crippen molar-refractivity contribution in [2.24, 2.45) is 11.7 Å². The molecule has 17 heavy (non-hydrogen) atoms. The molecule has 1 atom stereocenters. The van der Waals surface area contributed by atoms with E-state index >= 15 is 0 Å². The number of nitrogens with one attached hydrogen (secondary N) is 2. The van der Waals surface area contributed by atoms with Crippen LogP contribution in [0.1, 0.15) is 38.5 Å². The number of nitrogens with two attached hydrogens (primary N) is 1. The molecule has 4 N–H and O–H groups in total. The van der Waals surface area contributed by atoms with E-state index in [9.17, 15) is 9.59 Å². The molecule has 1 heterocycles. The fraction of sp³-hybridized carbons (Fsp3) is 0.833. The van der Waals surface area contributed by atoms with Gasteiger partial charge in [-0.1, -0.05) is 0 Å². The lowest BCUT2D eigenvalue weighted by Crippen LogP contribution is -2.46. The highest BCUT2D eigenvalue weighted by atomic mass is 16.2. The van der Waals surface area contributed by atoms with Crippen LogP contribution < -0.4 is 16.4 Å². The van der Waals surface area contributed by atoms with Gasteiger partial charge in [0, 0.05) is 12.0 Å². The van der Waals surface area contributed by atoms with Crippen molar-refractivity contribution < 1.29 is 9.59 Å². The third-order valence-electron chi connectivity index (χ3n) is 3.85. The number of rotatable bonds is 3. The smallest absolute Gasteiger partial charge is 0.237 e. The highest BCUT2D eigenvalue weighted by Gasteiger charge is 2.28. The zero-order valence-electron chi connectivity index (χ0n) is 10.1. The fourth-order valence-corrected chi connectivity index (χ4v) is 2.73. The first-order chi connectivity index (χ1) is 8.16. The van der Waals surface area contributed by atoms with Crippen molar-refractivity contribution in [2.75, 3.05) is 6.54 Å². The van der Waals surface area contributed by atoms with E-state index in [0.717, 1.165) is 45.1 Å². The molecule has 0 aromatic rings. The van der Waals surface area contributed by atoms with Gasteiger partial charge in [-0.15, -0.1) is 0 Å². The lowest BCUT2D eigenvalue weighted by atomic mass is 9.85. The summed E-state index contributed by atoms with van der Waals surface area (Å²) in [6, 6.07) is 0.212. The summed E-state index contributed by atoms with van der Waals surface area (Å²) in [7, 11) is 0. The molecule has 0 aromatic heterocycles. The van der Waals surface area contributed by atoms with Crippen molar-refractivity contribution in [1.29, 1.82) is 0 Å². The topological polar surface area (TPSA) is 84.2 Å². The predicted molar refractivity (Wildman–Crippen MR) is 64.1 cm³/mol. The summed E-state index contributed by atoms with van der Waals surface area (Å²) in [5.74, 6) is -0.0787. The minimum Gasteiger partial charge on any atom is -0.369 e. The van der Waals surface area contributed by atoms with Crippen molar-refractivity contribution >= 4 is 11.8 Å². The van der Waals surface area contributed by atoms with E-state index in [-0.39, 0.29) is 29.8 Å². The van der Waals surface area contributed by atoms with Crippen LogP contribution in [-0.4, -0.2) is 30.4 Å². The van der Waals surface area contributed by atoms with Crippen molar-refractivity contribution in [3.05, 3.63) is 0 Å². The number of amides is 2. The van der Waals surface area contributed by atoms with Crippen molar-refractivity contribution in [1.82, 2.24) is 10.6 Å². The first-order valence-electron chi connectivity index (χ1n) is 6.50. The van der Waals surface area contributed by atoms with E-state index in [1.165, 1.54) is 0 Å². The van der Waals surface area contributed by atoms with Crippen LogP contribution in [0.3, 0.4) is 0 Å². The van der Waals surface area contributed by atoms with Crippen LogP contribution >= 0.6 is 0 Å². The lowest BCUT2D eigenvalue weighted by molar-refractivity contribution is -0.124. The second-order valence-corrected chi connectivity index (χ2v) is 5.11. The molecule has 2 amide bonds. The molecule has 5 nitrogen and oxygen atoms in total. The molecule has 2 fully saturated rings. The van der Waals surface area contributed by atoms with Crippen LogP contribution in [0.4, 0.5) is 0 Å². The Balaban J connectivity index is 1.74. The third-order valence-corrected chi connectivity index (χ3v) is 3.85. The Hall–Kier alpha value is -1.10. The number of primary amides is 1. The predicted octanol–water partition coefficient (Wildman–Crippen LogP) is -0.101. The van der Waals surface area contributed by atoms with Crippen LogP contribution in [0.5, 0.6) is 0 Å². The van der Waals surface area contributed by atoms with Gasteiger partial charge in [-0.05, 0) is 45.1 Å². The minimum absolute atomic E-state index is 0.00718. The number of carbonyl (C=O) groups excluding carboxylic acids is 2. The van der Waals surface area contributed by atoms with E-state index in [0.29, 0.717) is 0 Å². The van der Waals surface area contributed by atoms with Crippen molar-refractivity contribution in [2.45, 2.75) is 50.6 Å². The zero-order valence-corrected chi connectivity index (χ0v) is 10.1. The molecule has 2 rings (SSSR count). The van der Waals surface area contributed by atoms with Gasteiger partial charge in [0.05, 0.1) is 6.04 Å². The largest absolute Gasteiger partial charge is 0.369 e. The zero-order chi connectivity index (χ0) is 12.3. The van der Waals surface area contributed by atoms with Gasteiger partial charge >= 0.3 is 0 Å². The number of hydrogen-bond donors (Lipinski definition) is 3. The Labute approximate surface area is 102 Å². The van der Waals surface area contributed by atoms with E-state index in [4.69, 9.17) is 5.73 Å². The Morgan fingerprint density at radius 2 is 1.82 bits per heavy atom. The van der Waals surface area contributed by atoms with Crippen LogP contribution in [0, 0.1) is 5.92 Å². The SMILES string of the molecule is NC(=O)C1CCC(NC(=O)[C@H]2CCCN2)CC1. The molecule has 0 bridgehead atoms. The number of carbonyl (C=O) groups is 2. The van der Waals surface area contributed by atoms with Crippen molar-refractivity contribution in [3.8, 4) is 0 Å². The number of hydrogen-bond acceptors (Lipinski definition) is 3. The maximum atomic E-state index is 11.9. The molecule has 0 radical (unpaired) electrons. The molecule has 0 aromatic carbocycles. The van der Waals surface area contributed by atoms with Crippen LogP contribution in [0.15, 0.2) is 0 Å². The van der Waals surface area contributed by atoms with Gasteiger partial charge < -0.3 is 16.4 Å². The van der Waals surface area contributed by atoms with Crippen LogP contribution in [0.25, 0.3) is 0 Å². The summed E-state index contributed by atoms with van der Waals surface area (Å²) in [5.41, 5.74) is 5.28. The van der Waals surface area contributed by atoms with E-state index < -0.39 is 0 Å². The molecular weight excluding hydrogens is 218 g/mol. The van der Waals surface area contributed by atoms with Gasteiger partial charge in [-0.3, -0.25) is 9.59 Å². The molecule has 96 valence electrons. The first-order valence-corrected chi connectivity index (χ1v) is 6.50. The van der Waals surface area contributed by atoms with Gasteiger partial charge in [0.25, 0.3) is 0 Å². The summed E-state index contributed by atoms with van der Waals surface area (Å²) in [6.45, 7) is 0.937. The van der Waals surface area contributed by atoms with E-state index in [1.807, 2.05) is 0 Å². The highest BCUT2D eigenvalue weighted by Crippen LogP contribution is 2.24. The molecule has 1 saturated carbocycles. The lowest BCUT2D eigenvalue weighted by Gasteiger charge is -2.28. The highest BCUT2D eigenvalue weighted by molar-refractivity contribution is 5.82. The molecule has 0 spiro atoms. The monoisotopic (exact) mass is 239 g/mol. The van der Waals surface area contributed by atoms with E-state index in [2.05, 4.69) is 10.6 Å². The summed E-state index contributed by atoms with van der Waals surface area (Å²) in [4.78, 5) is 22.9. The van der Waals surface area contributed by atoms with Gasteiger partial charge in [0.15, 0.2) is 0 Å². The van der Waals surface area contributed by atoms with Crippen LogP contribution in [0.2, 0.25) is 0 Å². The summed E-state index contributed by atoms with van der Waals surface area (Å²) < 4.78 is 0. The second-order valence-electron chi connectivity index (χ2n) is 5.11. The van der Waals surface area contributed by atoms with Gasteiger partial charge in [0.1, 0.15) is 0 Å². The minimum atomic E-state index is -0.202. The van der Waals surface area contributed by atoms with E-state index in [1.54, 1.807) is 0 Å². The average molecular weight is 239 g/mol. The van der Waals surface area contributed by atoms with Gasteiger partial charge in [-0.2, -0.15) is 0 Å². The maximum absolute atomic E-state index is 11.9. The molecule has 5 heteroatoms. The summed E-state index contributed by atoms with van der Waals surface area (Å²) in [5, 5.41) is 6.25. The van der Waals surface area contributed by atoms with Crippen molar-refractivity contribution in [3.63, 3.8) is 0 Å². The summed E-state index contributed by atoms with van der Waals surface area (Å²) in [6.07, 6.45) is 5.35. The molecule has 1 saturated heterocycles. The quantitative estimate of drug-likeness (QED) is 0.643. The standard InChI is InChI=1S/C12H21N3O2/c13-11(16)8-3-5-9(6-4-8)15-12(17)10-2-1-7-14-10/h8-10,14H,1-7H2,(H2,13,16)(H,15,17)/t8?,9?,10-/m1/s1. The first kappa shape index (κ1) is 12.4. The Kier molecular flexibility index (Phi) is 3.99. The maximum Gasteiger partial charge on any atom is 0.237 e. The Bertz CT molecular complexity index is 292. The van der Waals surface area contributed by atoms with Crippen LogP contribution in [-0.2, 0) is 9.59 Å². The van der Waals surface area contributed by atoms with Gasteiger partial charge in [-0.25, -0.2) is 0 Å². The van der Waals surface area contributed by atoms with Gasteiger partial charge in [0.2, 0.25) is 11.8 Å². The molecule has 1 aliphatic carbocycles. The second kappa shape index (κ2) is 5.49. The fourth-order valence-electron chi connectivity index (χ4n) is 2.73. The molecule has 2 aliphatic rings. The average Bonchev–Trinajstić information content (AvgIpc) is 2.83. The Morgan fingerprint density at radius 3 is 2.35 bits per heavy atom.